The number of aromatic nitrogens is 3. The molecule has 0 atom stereocenters. The Kier molecular flexibility index (Phi) is 4.05. The molecule has 0 radical (unpaired) electrons. The molecule has 17 heavy (non-hydrogen) atoms. The predicted molar refractivity (Wildman–Crippen MR) is 68.0 cm³/mol. The van der Waals surface area contributed by atoms with Crippen molar-refractivity contribution in [2.45, 2.75) is 17.0 Å². The van der Waals surface area contributed by atoms with Crippen molar-refractivity contribution in [3.05, 3.63) is 21.1 Å². The number of rotatable bonds is 4. The summed E-state index contributed by atoms with van der Waals surface area (Å²) in [6, 6.07) is 0. The molecule has 2 aromatic rings. The molecule has 0 saturated heterocycles. The molecular formula is C8H9N5OS3. The molecule has 2 rings (SSSR count). The number of carbonyl (C=O) groups is 1. The SMILES string of the molecule is Cc1nnc(SCc2csc(C(=O)NN)n2)s1. The maximum Gasteiger partial charge on any atom is 0.294 e. The molecule has 0 aliphatic heterocycles. The zero-order valence-corrected chi connectivity index (χ0v) is 11.3. The number of thiazole rings is 1. The van der Waals surface area contributed by atoms with Crippen LogP contribution in [0.1, 0.15) is 20.5 Å². The Morgan fingerprint density at radius 1 is 1.59 bits per heavy atom. The third kappa shape index (κ3) is 3.22. The van der Waals surface area contributed by atoms with Crippen LogP contribution >= 0.6 is 34.4 Å². The number of aryl methyl sites for hydroxylation is 1. The molecule has 2 heterocycles. The van der Waals surface area contributed by atoms with E-state index in [1.54, 1.807) is 23.1 Å². The van der Waals surface area contributed by atoms with Gasteiger partial charge in [-0.2, -0.15) is 0 Å². The van der Waals surface area contributed by atoms with E-state index in [1.807, 2.05) is 12.3 Å². The molecule has 0 aromatic carbocycles. The van der Waals surface area contributed by atoms with E-state index in [1.165, 1.54) is 11.3 Å². The molecule has 0 spiro atoms. The van der Waals surface area contributed by atoms with E-state index >= 15 is 0 Å². The Bertz CT molecular complexity index is 523. The second kappa shape index (κ2) is 5.54. The van der Waals surface area contributed by atoms with Gasteiger partial charge in [-0.3, -0.25) is 10.2 Å². The third-order valence-electron chi connectivity index (χ3n) is 1.73. The average molecular weight is 287 g/mol. The fourth-order valence-corrected chi connectivity index (χ4v) is 3.54. The number of nitrogens with zero attached hydrogens (tertiary/aromatic N) is 3. The van der Waals surface area contributed by atoms with Gasteiger partial charge in [0.2, 0.25) is 0 Å². The predicted octanol–water partition coefficient (Wildman–Crippen LogP) is 1.20. The number of nitrogens with one attached hydrogen (secondary N) is 1. The van der Waals surface area contributed by atoms with E-state index in [2.05, 4.69) is 20.6 Å². The van der Waals surface area contributed by atoms with Gasteiger partial charge >= 0.3 is 0 Å². The van der Waals surface area contributed by atoms with E-state index in [9.17, 15) is 4.79 Å². The molecule has 0 fully saturated rings. The Morgan fingerprint density at radius 2 is 2.41 bits per heavy atom. The average Bonchev–Trinajstić information content (AvgIpc) is 2.94. The molecule has 0 aliphatic carbocycles. The van der Waals surface area contributed by atoms with E-state index in [-0.39, 0.29) is 5.91 Å². The lowest BCUT2D eigenvalue weighted by Gasteiger charge is -1.93. The van der Waals surface area contributed by atoms with Crippen molar-refractivity contribution < 1.29 is 4.79 Å². The number of nitrogens with two attached hydrogens (primary N) is 1. The van der Waals surface area contributed by atoms with E-state index in [0.717, 1.165) is 15.0 Å². The summed E-state index contributed by atoms with van der Waals surface area (Å²) in [6.07, 6.45) is 0. The van der Waals surface area contributed by atoms with Gasteiger partial charge in [0.05, 0.1) is 5.69 Å². The lowest BCUT2D eigenvalue weighted by Crippen LogP contribution is -2.29. The largest absolute Gasteiger partial charge is 0.294 e. The van der Waals surface area contributed by atoms with Crippen LogP contribution in [-0.2, 0) is 5.75 Å². The smallest absolute Gasteiger partial charge is 0.288 e. The van der Waals surface area contributed by atoms with Crippen LogP contribution in [0.4, 0.5) is 0 Å². The molecule has 90 valence electrons. The highest BCUT2D eigenvalue weighted by atomic mass is 32.2. The van der Waals surface area contributed by atoms with Crippen molar-refractivity contribution >= 4 is 40.3 Å². The number of hydrazine groups is 1. The summed E-state index contributed by atoms with van der Waals surface area (Å²) in [5.74, 6) is 5.33. The van der Waals surface area contributed by atoms with E-state index in [0.29, 0.717) is 10.8 Å². The molecule has 0 aliphatic rings. The first kappa shape index (κ1) is 12.4. The summed E-state index contributed by atoms with van der Waals surface area (Å²) in [5.41, 5.74) is 2.89. The van der Waals surface area contributed by atoms with Crippen molar-refractivity contribution in [1.29, 1.82) is 0 Å². The molecule has 1 amide bonds. The van der Waals surface area contributed by atoms with Crippen molar-refractivity contribution in [1.82, 2.24) is 20.6 Å². The van der Waals surface area contributed by atoms with Gasteiger partial charge < -0.3 is 0 Å². The van der Waals surface area contributed by atoms with Crippen molar-refractivity contribution in [3.63, 3.8) is 0 Å². The summed E-state index contributed by atoms with van der Waals surface area (Å²) in [5, 5.41) is 11.1. The number of hydrogen-bond donors (Lipinski definition) is 2. The maximum absolute atomic E-state index is 11.2. The van der Waals surface area contributed by atoms with Gasteiger partial charge in [-0.05, 0) is 6.92 Å². The maximum atomic E-state index is 11.2. The van der Waals surface area contributed by atoms with Crippen LogP contribution in [0.5, 0.6) is 0 Å². The second-order valence-corrected chi connectivity index (χ2v) is 6.26. The van der Waals surface area contributed by atoms with Crippen LogP contribution in [0.2, 0.25) is 0 Å². The van der Waals surface area contributed by atoms with E-state index in [4.69, 9.17) is 5.84 Å². The molecule has 6 nitrogen and oxygen atoms in total. The Balaban J connectivity index is 1.95. The van der Waals surface area contributed by atoms with Gasteiger partial charge in [0, 0.05) is 11.1 Å². The minimum atomic E-state index is -0.363. The van der Waals surface area contributed by atoms with Crippen molar-refractivity contribution in [3.8, 4) is 0 Å². The van der Waals surface area contributed by atoms with Gasteiger partial charge in [-0.25, -0.2) is 10.8 Å². The molecule has 0 unspecified atom stereocenters. The number of amides is 1. The van der Waals surface area contributed by atoms with Crippen LogP contribution in [0.3, 0.4) is 0 Å². The minimum absolute atomic E-state index is 0.363. The minimum Gasteiger partial charge on any atom is -0.288 e. The zero-order chi connectivity index (χ0) is 12.3. The molecule has 0 saturated carbocycles. The molecule has 0 bridgehead atoms. The number of hydrogen-bond acceptors (Lipinski definition) is 8. The van der Waals surface area contributed by atoms with E-state index < -0.39 is 0 Å². The van der Waals surface area contributed by atoms with Gasteiger partial charge in [0.15, 0.2) is 9.35 Å². The fraction of sp³-hybridized carbons (Fsp3) is 0.250. The molecule has 9 heteroatoms. The van der Waals surface area contributed by atoms with Gasteiger partial charge in [-0.15, -0.1) is 21.5 Å². The summed E-state index contributed by atoms with van der Waals surface area (Å²) >= 11 is 4.37. The summed E-state index contributed by atoms with van der Waals surface area (Å²) in [6.45, 7) is 1.91. The molecular weight excluding hydrogens is 278 g/mol. The summed E-state index contributed by atoms with van der Waals surface area (Å²) in [7, 11) is 0. The highest BCUT2D eigenvalue weighted by Crippen LogP contribution is 2.26. The Hall–Kier alpha value is -1.03. The lowest BCUT2D eigenvalue weighted by atomic mass is 10.5. The first-order valence-corrected chi connectivity index (χ1v) is 7.25. The Labute approximate surface area is 110 Å². The first-order valence-electron chi connectivity index (χ1n) is 4.57. The number of carbonyl (C=O) groups excluding carboxylic acids is 1. The topological polar surface area (TPSA) is 93.8 Å². The normalized spacial score (nSPS) is 10.5. The van der Waals surface area contributed by atoms with Gasteiger partial charge in [-0.1, -0.05) is 23.1 Å². The highest BCUT2D eigenvalue weighted by Gasteiger charge is 2.10. The zero-order valence-electron chi connectivity index (χ0n) is 8.84. The van der Waals surface area contributed by atoms with Crippen LogP contribution in [0.15, 0.2) is 9.72 Å². The highest BCUT2D eigenvalue weighted by molar-refractivity contribution is 8.00. The lowest BCUT2D eigenvalue weighted by molar-refractivity contribution is 0.0953. The van der Waals surface area contributed by atoms with Crippen LogP contribution in [0.25, 0.3) is 0 Å². The van der Waals surface area contributed by atoms with Crippen LogP contribution in [-0.4, -0.2) is 21.1 Å². The summed E-state index contributed by atoms with van der Waals surface area (Å²) < 4.78 is 0.903. The third-order valence-corrected chi connectivity index (χ3v) is 4.62. The van der Waals surface area contributed by atoms with Crippen LogP contribution in [0, 0.1) is 6.92 Å². The fourth-order valence-electron chi connectivity index (χ4n) is 1.01. The standard InChI is InChI=1S/C8H9N5OS3/c1-4-12-13-8(17-4)16-3-5-2-15-7(10-5)6(14)11-9/h2H,3,9H2,1H3,(H,11,14). The second-order valence-electron chi connectivity index (χ2n) is 2.99. The Morgan fingerprint density at radius 3 is 3.06 bits per heavy atom. The van der Waals surface area contributed by atoms with Gasteiger partial charge in [0.1, 0.15) is 5.01 Å². The number of nitrogen functional groups attached to an aromatic ring is 1. The quantitative estimate of drug-likeness (QED) is 0.380. The van der Waals surface area contributed by atoms with Crippen molar-refractivity contribution in [2.75, 3.05) is 0 Å². The van der Waals surface area contributed by atoms with Gasteiger partial charge in [0.25, 0.3) is 5.91 Å². The molecule has 3 N–H and O–H groups in total. The monoisotopic (exact) mass is 287 g/mol. The first-order chi connectivity index (χ1) is 8.19. The summed E-state index contributed by atoms with van der Waals surface area (Å²) in [4.78, 5) is 15.4. The van der Waals surface area contributed by atoms with Crippen molar-refractivity contribution in [2.24, 2.45) is 5.84 Å². The molecule has 2 aromatic heterocycles. The van der Waals surface area contributed by atoms with Crippen LogP contribution < -0.4 is 11.3 Å². The number of thioether (sulfide) groups is 1.